The molecule has 0 aliphatic carbocycles. The third kappa shape index (κ3) is 3.85. The predicted molar refractivity (Wildman–Crippen MR) is 95.9 cm³/mol. The zero-order valence-electron chi connectivity index (χ0n) is 12.9. The van der Waals surface area contributed by atoms with Crippen LogP contribution < -0.4 is 5.30 Å². The molecule has 0 saturated heterocycles. The summed E-state index contributed by atoms with van der Waals surface area (Å²) in [4.78, 5) is 17.0. The Hall–Kier alpha value is -2.45. The summed E-state index contributed by atoms with van der Waals surface area (Å²) in [6, 6.07) is 12.3. The van der Waals surface area contributed by atoms with Crippen LogP contribution in [-0.2, 0) is 0 Å². The molecule has 0 radical (unpaired) electrons. The van der Waals surface area contributed by atoms with Crippen LogP contribution in [0.1, 0.15) is 29.8 Å². The first-order valence-electron chi connectivity index (χ1n) is 7.07. The van der Waals surface area contributed by atoms with Gasteiger partial charge in [-0.15, -0.1) is 9.24 Å². The molecule has 0 amide bonds. The average molecular weight is 327 g/mol. The van der Waals surface area contributed by atoms with Crippen molar-refractivity contribution < 1.29 is 15.0 Å². The summed E-state index contributed by atoms with van der Waals surface area (Å²) in [7, 11) is 2.28. The van der Waals surface area contributed by atoms with E-state index in [0.29, 0.717) is 5.30 Å². The van der Waals surface area contributed by atoms with Crippen molar-refractivity contribution in [3.63, 3.8) is 0 Å². The predicted octanol–water partition coefficient (Wildman–Crippen LogP) is 3.19. The van der Waals surface area contributed by atoms with E-state index in [-0.39, 0.29) is 28.5 Å². The lowest BCUT2D eigenvalue weighted by atomic mass is 10.1. The van der Waals surface area contributed by atoms with Gasteiger partial charge in [0.2, 0.25) is 5.78 Å². The number of allylic oxidation sites excluding steroid dienone is 2. The Balaban J connectivity index is 2.37. The largest absolute Gasteiger partial charge is 0.504 e. The monoisotopic (exact) mass is 327 g/mol. The maximum Gasteiger partial charge on any atom is 0.211 e. The number of rotatable bonds is 4. The van der Waals surface area contributed by atoms with Crippen LogP contribution in [0.4, 0.5) is 0 Å². The number of aromatic hydroxyl groups is 2. The lowest BCUT2D eigenvalue weighted by molar-refractivity contribution is 0.103. The molecule has 0 aliphatic rings. The Kier molecular flexibility index (Phi) is 5.30. The summed E-state index contributed by atoms with van der Waals surface area (Å²) in [5.74, 6) is -0.903. The Morgan fingerprint density at radius 2 is 1.78 bits per heavy atom. The van der Waals surface area contributed by atoms with Crippen LogP contribution in [0, 0.1) is 0 Å². The van der Waals surface area contributed by atoms with Crippen molar-refractivity contribution in [1.82, 2.24) is 0 Å². The first kappa shape index (κ1) is 16.9. The Bertz CT molecular complexity index is 772. The van der Waals surface area contributed by atoms with E-state index >= 15 is 0 Å². The van der Waals surface area contributed by atoms with Crippen LogP contribution in [0.3, 0.4) is 0 Å². The topological polar surface area (TPSA) is 69.9 Å². The van der Waals surface area contributed by atoms with Crippen molar-refractivity contribution in [3.05, 3.63) is 65.4 Å². The van der Waals surface area contributed by atoms with E-state index in [4.69, 9.17) is 0 Å². The third-order valence-corrected chi connectivity index (χ3v) is 3.81. The number of hydrogen-bond donors (Lipinski definition) is 2. The van der Waals surface area contributed by atoms with Gasteiger partial charge in [-0.1, -0.05) is 36.4 Å². The van der Waals surface area contributed by atoms with Gasteiger partial charge >= 0.3 is 0 Å². The minimum Gasteiger partial charge on any atom is -0.504 e. The second-order valence-electron chi connectivity index (χ2n) is 5.00. The van der Waals surface area contributed by atoms with Gasteiger partial charge in [0.25, 0.3) is 0 Å². The van der Waals surface area contributed by atoms with Gasteiger partial charge in [-0.25, -0.2) is 4.99 Å². The van der Waals surface area contributed by atoms with E-state index in [9.17, 15) is 15.0 Å². The highest BCUT2D eigenvalue weighted by Crippen LogP contribution is 2.26. The summed E-state index contributed by atoms with van der Waals surface area (Å²) in [6.45, 7) is 3.57. The van der Waals surface area contributed by atoms with Gasteiger partial charge in [0.1, 0.15) is 5.70 Å². The lowest BCUT2D eigenvalue weighted by Gasteiger charge is -2.07. The highest BCUT2D eigenvalue weighted by Gasteiger charge is 2.15. The molecule has 1 atom stereocenters. The zero-order valence-corrected chi connectivity index (χ0v) is 14.1. The Morgan fingerprint density at radius 3 is 2.35 bits per heavy atom. The van der Waals surface area contributed by atoms with Gasteiger partial charge in [-0.3, -0.25) is 4.79 Å². The molecule has 2 N–H and O–H groups in total. The molecule has 4 nitrogen and oxygen atoms in total. The van der Waals surface area contributed by atoms with Crippen molar-refractivity contribution in [2.75, 3.05) is 0 Å². The molecule has 0 heterocycles. The number of nitrogens with zero attached hydrogens (tertiary/aromatic N) is 1. The number of hydrogen-bond acceptors (Lipinski definition) is 4. The molecule has 2 aromatic rings. The molecule has 0 aromatic heterocycles. The van der Waals surface area contributed by atoms with Crippen LogP contribution in [0.2, 0.25) is 0 Å². The third-order valence-electron chi connectivity index (χ3n) is 3.37. The number of carbonyl (C=O) groups is 1. The first-order valence-corrected chi connectivity index (χ1v) is 7.65. The number of phenols is 2. The van der Waals surface area contributed by atoms with E-state index in [1.165, 1.54) is 12.1 Å². The van der Waals surface area contributed by atoms with Gasteiger partial charge in [-0.2, -0.15) is 0 Å². The normalized spacial score (nSPS) is 12.3. The summed E-state index contributed by atoms with van der Waals surface area (Å²) in [6.07, 6.45) is 1.63. The second kappa shape index (κ2) is 7.21. The standard InChI is InChI=1S/C18H18NO3P/c1-3-14(19-11(2)12-7-5-4-6-8-12)17(21)13-9-15(20)18(22)16(23)10-13/h3-10,20,22H,23H2,1-2H3/b14-3-,19-11?. The summed E-state index contributed by atoms with van der Waals surface area (Å²) in [5, 5.41) is 19.6. The zero-order chi connectivity index (χ0) is 17.0. The number of ketones is 1. The maximum atomic E-state index is 12.6. The van der Waals surface area contributed by atoms with Crippen molar-refractivity contribution in [2.45, 2.75) is 13.8 Å². The lowest BCUT2D eigenvalue weighted by Crippen LogP contribution is -2.07. The average Bonchev–Trinajstić information content (AvgIpc) is 2.57. The molecule has 0 fully saturated rings. The molecule has 118 valence electrons. The molecule has 2 aromatic carbocycles. The summed E-state index contributed by atoms with van der Waals surface area (Å²) >= 11 is 0. The van der Waals surface area contributed by atoms with Gasteiger partial charge < -0.3 is 10.2 Å². The van der Waals surface area contributed by atoms with Crippen molar-refractivity contribution >= 4 is 26.0 Å². The fraction of sp³-hybridized carbons (Fsp3) is 0.111. The van der Waals surface area contributed by atoms with Gasteiger partial charge in [-0.05, 0) is 31.5 Å². The molecule has 0 bridgehead atoms. The molecular weight excluding hydrogens is 309 g/mol. The Morgan fingerprint density at radius 1 is 1.13 bits per heavy atom. The van der Waals surface area contributed by atoms with Gasteiger partial charge in [0.05, 0.1) is 0 Å². The van der Waals surface area contributed by atoms with Crippen LogP contribution in [0.25, 0.3) is 0 Å². The van der Waals surface area contributed by atoms with E-state index in [2.05, 4.69) is 14.2 Å². The molecule has 0 aliphatic heterocycles. The van der Waals surface area contributed by atoms with E-state index < -0.39 is 0 Å². The smallest absolute Gasteiger partial charge is 0.211 e. The molecule has 23 heavy (non-hydrogen) atoms. The van der Waals surface area contributed by atoms with E-state index in [1.54, 1.807) is 13.0 Å². The van der Waals surface area contributed by atoms with Crippen LogP contribution in [0.5, 0.6) is 11.5 Å². The van der Waals surface area contributed by atoms with Gasteiger partial charge in [0.15, 0.2) is 11.5 Å². The first-order chi connectivity index (χ1) is 10.9. The fourth-order valence-electron chi connectivity index (χ4n) is 2.09. The van der Waals surface area contributed by atoms with Gasteiger partial charge in [0, 0.05) is 16.6 Å². The molecule has 5 heteroatoms. The fourth-order valence-corrected chi connectivity index (χ4v) is 2.42. The molecule has 2 rings (SSSR count). The quantitative estimate of drug-likeness (QED) is 0.298. The van der Waals surface area contributed by atoms with E-state index in [0.717, 1.165) is 11.3 Å². The maximum absolute atomic E-state index is 12.6. The van der Waals surface area contributed by atoms with Crippen LogP contribution in [0.15, 0.2) is 59.2 Å². The Labute approximate surface area is 137 Å². The minimum absolute atomic E-state index is 0.252. The van der Waals surface area contributed by atoms with Crippen molar-refractivity contribution in [3.8, 4) is 11.5 Å². The number of Topliss-reactive ketones (excluding diaryl/α,β-unsaturated/α-hetero) is 1. The molecule has 0 spiro atoms. The van der Waals surface area contributed by atoms with E-state index in [1.807, 2.05) is 37.3 Å². The number of phenolic OH excluding ortho intramolecular Hbond substituents is 2. The molecular formula is C18H18NO3P. The van der Waals surface area contributed by atoms with Crippen molar-refractivity contribution in [1.29, 1.82) is 0 Å². The number of carbonyl (C=O) groups excluding carboxylic acids is 1. The summed E-state index contributed by atoms with van der Waals surface area (Å²) < 4.78 is 0. The summed E-state index contributed by atoms with van der Waals surface area (Å²) in [5.41, 5.74) is 2.20. The SMILES string of the molecule is C/C=C(\N=C(C)c1ccccc1)C(=O)c1cc(O)c(O)c(P)c1. The number of benzene rings is 2. The second-order valence-corrected chi connectivity index (χ2v) is 5.62. The molecule has 1 unspecified atom stereocenters. The minimum atomic E-state index is -0.333. The molecule has 0 saturated carbocycles. The van der Waals surface area contributed by atoms with Crippen LogP contribution in [-0.4, -0.2) is 21.7 Å². The van der Waals surface area contributed by atoms with Crippen molar-refractivity contribution in [2.24, 2.45) is 4.99 Å². The number of aliphatic imine (C=N–C) groups is 1. The highest BCUT2D eigenvalue weighted by atomic mass is 31.0. The van der Waals surface area contributed by atoms with Crippen LogP contribution >= 0.6 is 9.24 Å². The highest BCUT2D eigenvalue weighted by molar-refractivity contribution is 7.27.